The Morgan fingerprint density at radius 2 is 1.74 bits per heavy atom. The molecule has 1 amide bonds. The van der Waals surface area contributed by atoms with Gasteiger partial charge in [-0.25, -0.2) is 13.4 Å². The topological polar surface area (TPSA) is 97.4 Å². The van der Waals surface area contributed by atoms with Gasteiger partial charge in [0.15, 0.2) is 10.9 Å². The molecule has 7 nitrogen and oxygen atoms in total. The van der Waals surface area contributed by atoms with Gasteiger partial charge in [0.1, 0.15) is 0 Å². The number of nitrogens with zero attached hydrogens (tertiary/aromatic N) is 1. The molecular formula is C23H25Cl2N3O4S2. The van der Waals surface area contributed by atoms with Crippen LogP contribution in [0.5, 0.6) is 5.75 Å². The van der Waals surface area contributed by atoms with Crippen molar-refractivity contribution < 1.29 is 17.9 Å². The van der Waals surface area contributed by atoms with Gasteiger partial charge in [0.2, 0.25) is 0 Å². The first-order chi connectivity index (χ1) is 16.3. The fourth-order valence-corrected chi connectivity index (χ4v) is 5.46. The van der Waals surface area contributed by atoms with Crippen LogP contribution in [0.25, 0.3) is 0 Å². The Balaban J connectivity index is 1.60. The van der Waals surface area contributed by atoms with Gasteiger partial charge in [0.25, 0.3) is 15.9 Å². The number of hydrogen-bond donors (Lipinski definition) is 2. The SMILES string of the molecule is CCCCCCCOc1c(Cl)cc(C(=O)Nc2ccc(S(=O)(=O)Nc3nccs3)cc2)cc1Cl. The minimum atomic E-state index is -3.77. The van der Waals surface area contributed by atoms with Crippen molar-refractivity contribution in [3.8, 4) is 5.75 Å². The molecule has 0 aliphatic rings. The fourth-order valence-electron chi connectivity index (χ4n) is 3.08. The van der Waals surface area contributed by atoms with Crippen LogP contribution in [0.1, 0.15) is 49.4 Å². The zero-order valence-electron chi connectivity index (χ0n) is 18.5. The van der Waals surface area contributed by atoms with Crippen LogP contribution in [0.15, 0.2) is 52.9 Å². The smallest absolute Gasteiger partial charge is 0.263 e. The highest BCUT2D eigenvalue weighted by molar-refractivity contribution is 7.93. The number of carbonyl (C=O) groups excluding carboxylic acids is 1. The molecule has 2 N–H and O–H groups in total. The van der Waals surface area contributed by atoms with E-state index in [-0.39, 0.29) is 25.6 Å². The van der Waals surface area contributed by atoms with Gasteiger partial charge in [-0.05, 0) is 42.8 Å². The van der Waals surface area contributed by atoms with E-state index in [0.29, 0.717) is 18.0 Å². The highest BCUT2D eigenvalue weighted by atomic mass is 35.5. The second-order valence-electron chi connectivity index (χ2n) is 7.45. The molecular weight excluding hydrogens is 517 g/mol. The summed E-state index contributed by atoms with van der Waals surface area (Å²) in [6.45, 7) is 2.66. The van der Waals surface area contributed by atoms with Gasteiger partial charge in [-0.15, -0.1) is 11.3 Å². The van der Waals surface area contributed by atoms with Crippen molar-refractivity contribution in [1.82, 2.24) is 4.98 Å². The summed E-state index contributed by atoms with van der Waals surface area (Å²) in [6, 6.07) is 8.75. The molecule has 0 radical (unpaired) electrons. The van der Waals surface area contributed by atoms with Gasteiger partial charge in [0, 0.05) is 22.8 Å². The van der Waals surface area contributed by atoms with Crippen LogP contribution in [0, 0.1) is 0 Å². The number of thiazole rings is 1. The third-order valence-electron chi connectivity index (χ3n) is 4.83. The second kappa shape index (κ2) is 12.4. The number of anilines is 2. The Kier molecular flexibility index (Phi) is 9.58. The summed E-state index contributed by atoms with van der Waals surface area (Å²) >= 11 is 13.8. The van der Waals surface area contributed by atoms with Gasteiger partial charge in [-0.3, -0.25) is 9.52 Å². The summed E-state index contributed by atoms with van der Waals surface area (Å²) < 4.78 is 33.0. The first-order valence-corrected chi connectivity index (χ1v) is 13.9. The van der Waals surface area contributed by atoms with E-state index in [1.54, 1.807) is 5.38 Å². The molecule has 0 unspecified atom stereocenters. The molecule has 0 spiro atoms. The maximum atomic E-state index is 12.7. The van der Waals surface area contributed by atoms with Crippen LogP contribution >= 0.6 is 34.5 Å². The molecule has 3 rings (SSSR count). The monoisotopic (exact) mass is 541 g/mol. The van der Waals surface area contributed by atoms with E-state index < -0.39 is 15.9 Å². The van der Waals surface area contributed by atoms with E-state index >= 15 is 0 Å². The lowest BCUT2D eigenvalue weighted by Gasteiger charge is -2.12. The van der Waals surface area contributed by atoms with E-state index in [4.69, 9.17) is 27.9 Å². The van der Waals surface area contributed by atoms with Crippen LogP contribution < -0.4 is 14.8 Å². The largest absolute Gasteiger partial charge is 0.490 e. The van der Waals surface area contributed by atoms with E-state index in [2.05, 4.69) is 21.9 Å². The number of amides is 1. The van der Waals surface area contributed by atoms with Crippen LogP contribution in [-0.2, 0) is 10.0 Å². The van der Waals surface area contributed by atoms with Gasteiger partial charge < -0.3 is 10.1 Å². The first-order valence-electron chi connectivity index (χ1n) is 10.8. The summed E-state index contributed by atoms with van der Waals surface area (Å²) in [5.74, 6) is -0.0795. The molecule has 11 heteroatoms. The van der Waals surface area contributed by atoms with E-state index in [1.807, 2.05) is 0 Å². The molecule has 0 saturated heterocycles. The fraction of sp³-hybridized carbons (Fsp3) is 0.304. The Morgan fingerprint density at radius 1 is 1.06 bits per heavy atom. The number of rotatable bonds is 12. The summed E-state index contributed by atoms with van der Waals surface area (Å²) in [4.78, 5) is 16.6. The van der Waals surface area contributed by atoms with Crippen molar-refractivity contribution in [2.45, 2.75) is 43.9 Å². The molecule has 3 aromatic rings. The molecule has 1 heterocycles. The zero-order valence-corrected chi connectivity index (χ0v) is 21.7. The van der Waals surface area contributed by atoms with E-state index in [1.165, 1.54) is 66.8 Å². The van der Waals surface area contributed by atoms with Crippen molar-refractivity contribution in [3.63, 3.8) is 0 Å². The molecule has 0 saturated carbocycles. The molecule has 0 aliphatic heterocycles. The van der Waals surface area contributed by atoms with Crippen molar-refractivity contribution in [3.05, 3.63) is 63.6 Å². The molecule has 182 valence electrons. The highest BCUT2D eigenvalue weighted by Crippen LogP contribution is 2.34. The summed E-state index contributed by atoms with van der Waals surface area (Å²) in [7, 11) is -3.77. The summed E-state index contributed by atoms with van der Waals surface area (Å²) in [5.41, 5.74) is 0.672. The predicted octanol–water partition coefficient (Wildman–Crippen LogP) is 6.85. The number of unbranched alkanes of at least 4 members (excludes halogenated alkanes) is 4. The van der Waals surface area contributed by atoms with Crippen molar-refractivity contribution in [1.29, 1.82) is 0 Å². The maximum absolute atomic E-state index is 12.7. The summed E-state index contributed by atoms with van der Waals surface area (Å²) in [5, 5.41) is 5.15. The number of aromatic nitrogens is 1. The Bertz CT molecular complexity index is 1180. The first kappa shape index (κ1) is 26.3. The number of nitrogens with one attached hydrogen (secondary N) is 2. The van der Waals surface area contributed by atoms with Crippen molar-refractivity contribution in [2.75, 3.05) is 16.6 Å². The lowest BCUT2D eigenvalue weighted by molar-refractivity contribution is 0.102. The van der Waals surface area contributed by atoms with Gasteiger partial charge in [-0.1, -0.05) is 55.8 Å². The van der Waals surface area contributed by atoms with E-state index in [9.17, 15) is 13.2 Å². The van der Waals surface area contributed by atoms with Crippen molar-refractivity contribution >= 4 is 61.3 Å². The number of sulfonamides is 1. The van der Waals surface area contributed by atoms with Crippen LogP contribution in [-0.4, -0.2) is 25.9 Å². The van der Waals surface area contributed by atoms with Crippen molar-refractivity contribution in [2.24, 2.45) is 0 Å². The second-order valence-corrected chi connectivity index (χ2v) is 10.8. The third kappa shape index (κ3) is 7.33. The molecule has 0 atom stereocenters. The Hall–Kier alpha value is -2.33. The third-order valence-corrected chi connectivity index (χ3v) is 7.57. The standard InChI is InChI=1S/C23H25Cl2N3O4S2/c1-2-3-4-5-6-12-32-21-19(24)14-16(15-20(21)25)22(29)27-17-7-9-18(10-8-17)34(30,31)28-23-26-11-13-33-23/h7-11,13-15H,2-6,12H2,1H3,(H,26,28)(H,27,29). The zero-order chi connectivity index (χ0) is 24.6. The lowest BCUT2D eigenvalue weighted by atomic mass is 10.1. The molecule has 1 aromatic heterocycles. The number of ether oxygens (including phenoxy) is 1. The molecule has 0 bridgehead atoms. The highest BCUT2D eigenvalue weighted by Gasteiger charge is 2.17. The normalized spacial score (nSPS) is 11.3. The number of halogens is 2. The predicted molar refractivity (Wildman–Crippen MR) is 138 cm³/mol. The number of benzene rings is 2. The Morgan fingerprint density at radius 3 is 2.35 bits per heavy atom. The van der Waals surface area contributed by atoms with E-state index in [0.717, 1.165) is 19.3 Å². The summed E-state index contributed by atoms with van der Waals surface area (Å²) in [6.07, 6.45) is 7.02. The minimum absolute atomic E-state index is 0.0444. The maximum Gasteiger partial charge on any atom is 0.263 e. The van der Waals surface area contributed by atoms with Crippen LogP contribution in [0.2, 0.25) is 10.0 Å². The average Bonchev–Trinajstić information content (AvgIpc) is 3.30. The minimum Gasteiger partial charge on any atom is -0.490 e. The van der Waals surface area contributed by atoms with Gasteiger partial charge in [-0.2, -0.15) is 0 Å². The van der Waals surface area contributed by atoms with Crippen LogP contribution in [0.3, 0.4) is 0 Å². The van der Waals surface area contributed by atoms with Crippen LogP contribution in [0.4, 0.5) is 10.8 Å². The Labute approximate surface area is 213 Å². The quantitative estimate of drug-likeness (QED) is 0.244. The molecule has 2 aromatic carbocycles. The lowest BCUT2D eigenvalue weighted by Crippen LogP contribution is -2.14. The van der Waals surface area contributed by atoms with Gasteiger partial charge >= 0.3 is 0 Å². The molecule has 0 aliphatic carbocycles. The number of hydrogen-bond acceptors (Lipinski definition) is 6. The number of carbonyl (C=O) groups is 1. The van der Waals surface area contributed by atoms with Gasteiger partial charge in [0.05, 0.1) is 21.5 Å². The molecule has 34 heavy (non-hydrogen) atoms. The average molecular weight is 543 g/mol. The molecule has 0 fully saturated rings.